The maximum atomic E-state index is 17.3. The van der Waals surface area contributed by atoms with E-state index in [9.17, 15) is 19.5 Å². The lowest BCUT2D eigenvalue weighted by atomic mass is 9.44. The van der Waals surface area contributed by atoms with Crippen molar-refractivity contribution in [1.82, 2.24) is 0 Å². The third kappa shape index (κ3) is 3.40. The van der Waals surface area contributed by atoms with E-state index in [4.69, 9.17) is 32.7 Å². The largest absolute Gasteiger partial charge is 0.460 e. The average Bonchev–Trinajstić information content (AvgIpc) is 3.02. The van der Waals surface area contributed by atoms with E-state index in [-0.39, 0.29) is 31.0 Å². The predicted octanol–water partition coefficient (Wildman–Crippen LogP) is 4.62. The van der Waals surface area contributed by atoms with Gasteiger partial charge in [-0.1, -0.05) is 42.6 Å². The molecule has 0 aromatic heterocycles. The number of carbonyl (C=O) groups excluding carboxylic acids is 3. The number of ketones is 1. The summed E-state index contributed by atoms with van der Waals surface area (Å²) in [5.41, 5.74) is -5.00. The number of ether oxygens (including phenoxy) is 2. The van der Waals surface area contributed by atoms with Gasteiger partial charge in [-0.05, 0) is 64.4 Å². The zero-order valence-electron chi connectivity index (χ0n) is 20.0. The van der Waals surface area contributed by atoms with Crippen LogP contribution in [0.3, 0.4) is 0 Å². The fraction of sp³-hybridized carbons (Fsp3) is 0.800. The maximum absolute atomic E-state index is 17.3. The van der Waals surface area contributed by atoms with Gasteiger partial charge in [-0.25, -0.2) is 14.0 Å². The Labute approximate surface area is 209 Å². The minimum absolute atomic E-state index is 0.00964. The second-order valence-electron chi connectivity index (χ2n) is 11.2. The zero-order valence-corrected chi connectivity index (χ0v) is 21.5. The lowest BCUT2D eigenvalue weighted by Gasteiger charge is -2.63. The molecule has 3 saturated carbocycles. The van der Waals surface area contributed by atoms with Gasteiger partial charge in [0.15, 0.2) is 5.78 Å². The number of hydrogen-bond donors (Lipinski definition) is 1. The minimum atomic E-state index is -1.97. The number of fused-ring (bicyclic) bond motifs is 5. The number of allylic oxidation sites excluding steroid dienone is 1. The molecule has 4 aliphatic rings. The monoisotopic (exact) mass is 518 g/mol. The van der Waals surface area contributed by atoms with Gasteiger partial charge in [0, 0.05) is 23.2 Å². The Bertz CT molecular complexity index is 936. The smallest absolute Gasteiger partial charge is 0.351 e. The molecule has 0 radical (unpaired) electrons. The van der Waals surface area contributed by atoms with Gasteiger partial charge in [-0.3, -0.25) is 4.79 Å². The molecule has 0 amide bonds. The van der Waals surface area contributed by atoms with E-state index < -0.39 is 57.0 Å². The van der Waals surface area contributed by atoms with Crippen LogP contribution < -0.4 is 0 Å². The van der Waals surface area contributed by atoms with Gasteiger partial charge in [0.05, 0.1) is 12.2 Å². The number of halogens is 3. The van der Waals surface area contributed by atoms with Crippen molar-refractivity contribution in [2.45, 2.75) is 101 Å². The summed E-state index contributed by atoms with van der Waals surface area (Å²) in [6.07, 6.45) is 1.66. The van der Waals surface area contributed by atoms with Gasteiger partial charge in [0.1, 0.15) is 5.67 Å². The Kier molecular flexibility index (Phi) is 6.43. The fourth-order valence-corrected chi connectivity index (χ4v) is 7.72. The molecule has 0 aliphatic heterocycles. The first-order valence-electron chi connectivity index (χ1n) is 12.1. The molecule has 34 heavy (non-hydrogen) atoms. The highest BCUT2D eigenvalue weighted by Crippen LogP contribution is 2.71. The normalized spacial score (nSPS) is 43.6. The molecule has 6 nitrogen and oxygen atoms in total. The van der Waals surface area contributed by atoms with Crippen molar-refractivity contribution >= 4 is 40.9 Å². The molecule has 7 atom stereocenters. The number of rotatable bonds is 4. The Balaban J connectivity index is 1.79. The van der Waals surface area contributed by atoms with Crippen molar-refractivity contribution in [3.63, 3.8) is 0 Å². The number of aliphatic hydroxyl groups excluding tert-OH is 1. The number of carbonyl (C=O) groups is 3. The van der Waals surface area contributed by atoms with E-state index >= 15 is 4.39 Å². The van der Waals surface area contributed by atoms with Gasteiger partial charge >= 0.3 is 11.9 Å². The van der Waals surface area contributed by atoms with Gasteiger partial charge in [0.2, 0.25) is 10.4 Å². The van der Waals surface area contributed by atoms with E-state index in [0.29, 0.717) is 25.7 Å². The van der Waals surface area contributed by atoms with E-state index in [1.165, 1.54) is 0 Å². The summed E-state index contributed by atoms with van der Waals surface area (Å²) in [7, 11) is 0. The summed E-state index contributed by atoms with van der Waals surface area (Å²) in [5.74, 6) is -2.63. The lowest BCUT2D eigenvalue weighted by Crippen LogP contribution is -2.70. The van der Waals surface area contributed by atoms with Crippen molar-refractivity contribution in [3.8, 4) is 0 Å². The van der Waals surface area contributed by atoms with Crippen LogP contribution >= 0.6 is 23.2 Å². The molecular formula is C25H33Cl2FO6. The Morgan fingerprint density at radius 2 is 1.82 bits per heavy atom. The first-order chi connectivity index (χ1) is 15.7. The molecule has 3 fully saturated rings. The van der Waals surface area contributed by atoms with Crippen molar-refractivity contribution < 1.29 is 33.4 Å². The molecule has 4 rings (SSSR count). The SMILES string of the molecule is CC(C)OC(=O)C1(OC(=O)C(Cl)Cl)CC[C@H]2[C@@H]3CCC4=CC(=O)CC[C@]4(C)[C@]3(F)C(O)C[C@@]21C. The Hall–Kier alpha value is -1.18. The highest BCUT2D eigenvalue weighted by atomic mass is 35.5. The van der Waals surface area contributed by atoms with Gasteiger partial charge in [0.25, 0.3) is 0 Å². The highest BCUT2D eigenvalue weighted by Gasteiger charge is 2.76. The van der Waals surface area contributed by atoms with E-state index in [0.717, 1.165) is 5.57 Å². The first-order valence-corrected chi connectivity index (χ1v) is 12.9. The molecular weight excluding hydrogens is 486 g/mol. The molecule has 2 unspecified atom stereocenters. The summed E-state index contributed by atoms with van der Waals surface area (Å²) in [4.78, 5) is 36.6. The van der Waals surface area contributed by atoms with Crippen molar-refractivity contribution in [2.24, 2.45) is 22.7 Å². The van der Waals surface area contributed by atoms with Crippen LogP contribution in [0.5, 0.6) is 0 Å². The first kappa shape index (κ1) is 25.9. The Morgan fingerprint density at radius 1 is 1.15 bits per heavy atom. The molecule has 4 aliphatic carbocycles. The summed E-state index contributed by atoms with van der Waals surface area (Å²) in [5, 5.41) is 11.5. The molecule has 0 aromatic carbocycles. The van der Waals surface area contributed by atoms with Crippen molar-refractivity contribution in [3.05, 3.63) is 11.6 Å². The van der Waals surface area contributed by atoms with Crippen molar-refractivity contribution in [2.75, 3.05) is 0 Å². The average molecular weight is 519 g/mol. The number of esters is 2. The van der Waals surface area contributed by atoms with Crippen LogP contribution in [0.25, 0.3) is 0 Å². The van der Waals surface area contributed by atoms with Crippen LogP contribution in [0.1, 0.15) is 72.6 Å². The lowest BCUT2D eigenvalue weighted by molar-refractivity contribution is -0.239. The van der Waals surface area contributed by atoms with E-state index in [1.807, 2.05) is 6.92 Å². The molecule has 1 N–H and O–H groups in total. The topological polar surface area (TPSA) is 89.9 Å². The summed E-state index contributed by atoms with van der Waals surface area (Å²) in [6, 6.07) is 0. The van der Waals surface area contributed by atoms with E-state index in [1.54, 1.807) is 26.8 Å². The van der Waals surface area contributed by atoms with Gasteiger partial charge in [-0.15, -0.1) is 0 Å². The Morgan fingerprint density at radius 3 is 2.44 bits per heavy atom. The number of aliphatic hydroxyl groups is 1. The van der Waals surface area contributed by atoms with Gasteiger partial charge < -0.3 is 14.6 Å². The van der Waals surface area contributed by atoms with E-state index in [2.05, 4.69) is 0 Å². The summed E-state index contributed by atoms with van der Waals surface area (Å²) in [6.45, 7) is 6.97. The van der Waals surface area contributed by atoms with Crippen LogP contribution in [0.15, 0.2) is 11.6 Å². The fourth-order valence-electron chi connectivity index (χ4n) is 7.63. The second kappa shape index (κ2) is 8.45. The van der Waals surface area contributed by atoms with Crippen LogP contribution in [-0.2, 0) is 23.9 Å². The molecule has 0 spiro atoms. The third-order valence-electron chi connectivity index (χ3n) is 9.29. The highest BCUT2D eigenvalue weighted by molar-refractivity contribution is 6.53. The van der Waals surface area contributed by atoms with Crippen LogP contribution in [-0.4, -0.2) is 51.1 Å². The predicted molar refractivity (Wildman–Crippen MR) is 124 cm³/mol. The third-order valence-corrected chi connectivity index (χ3v) is 9.64. The maximum Gasteiger partial charge on any atom is 0.351 e. The van der Waals surface area contributed by atoms with Crippen LogP contribution in [0.2, 0.25) is 0 Å². The molecule has 9 heteroatoms. The standard InChI is InChI=1S/C25H33Cl2FO6/c1-13(2)33-21(32)24(34-20(31)19(26)27)10-8-16-17-6-5-14-11-15(29)7-9-22(14,3)25(17,28)18(30)12-23(16,24)4/h11,13,16-19,30H,5-10,12H2,1-4H3/t16-,17-,18?,22-,23-,24?,25+/m0/s1. The molecule has 190 valence electrons. The number of alkyl halides is 3. The van der Waals surface area contributed by atoms with Gasteiger partial charge in [-0.2, -0.15) is 0 Å². The molecule has 0 aromatic rings. The molecule has 0 saturated heterocycles. The number of hydrogen-bond acceptors (Lipinski definition) is 6. The van der Waals surface area contributed by atoms with Crippen LogP contribution in [0, 0.1) is 22.7 Å². The van der Waals surface area contributed by atoms with Crippen LogP contribution in [0.4, 0.5) is 4.39 Å². The minimum Gasteiger partial charge on any atom is -0.460 e. The zero-order chi connectivity index (χ0) is 25.3. The van der Waals surface area contributed by atoms with Crippen molar-refractivity contribution in [1.29, 1.82) is 0 Å². The summed E-state index contributed by atoms with van der Waals surface area (Å²) < 4.78 is 28.5. The molecule has 0 heterocycles. The summed E-state index contributed by atoms with van der Waals surface area (Å²) >= 11 is 11.5. The molecule has 0 bridgehead atoms. The second-order valence-corrected chi connectivity index (χ2v) is 12.3. The quantitative estimate of drug-likeness (QED) is 0.431.